The lowest BCUT2D eigenvalue weighted by molar-refractivity contribution is -0.137. The zero-order valence-electron chi connectivity index (χ0n) is 15.9. The van der Waals surface area contributed by atoms with Crippen molar-refractivity contribution in [2.75, 3.05) is 6.73 Å². The van der Waals surface area contributed by atoms with Crippen LogP contribution in [0.2, 0.25) is 0 Å². The summed E-state index contributed by atoms with van der Waals surface area (Å²) in [5, 5.41) is 0.870. The molecule has 0 N–H and O–H groups in total. The SMILES string of the molecule is CCCc1cc(=O)oc2c3c(ccc12)OCN(Cc1cccc(C(F)(F)F)c1)C3. The van der Waals surface area contributed by atoms with Crippen LogP contribution >= 0.6 is 0 Å². The fourth-order valence-corrected chi connectivity index (χ4v) is 3.73. The Morgan fingerprint density at radius 3 is 2.72 bits per heavy atom. The number of halogens is 3. The maximum absolute atomic E-state index is 13.0. The van der Waals surface area contributed by atoms with E-state index in [4.69, 9.17) is 9.15 Å². The molecule has 1 aliphatic rings. The van der Waals surface area contributed by atoms with E-state index in [0.717, 1.165) is 41.5 Å². The molecule has 2 heterocycles. The zero-order valence-corrected chi connectivity index (χ0v) is 15.9. The minimum atomic E-state index is -4.38. The number of fused-ring (bicyclic) bond motifs is 3. The summed E-state index contributed by atoms with van der Waals surface area (Å²) < 4.78 is 50.2. The van der Waals surface area contributed by atoms with Crippen LogP contribution in [0.3, 0.4) is 0 Å². The Kier molecular flexibility index (Phi) is 5.08. The third-order valence-corrected chi connectivity index (χ3v) is 5.02. The molecule has 2 aromatic carbocycles. The Hall–Kier alpha value is -2.80. The van der Waals surface area contributed by atoms with Gasteiger partial charge < -0.3 is 9.15 Å². The summed E-state index contributed by atoms with van der Waals surface area (Å²) in [6.07, 6.45) is -2.72. The molecule has 0 amide bonds. The van der Waals surface area contributed by atoms with Crippen LogP contribution in [0.5, 0.6) is 5.75 Å². The summed E-state index contributed by atoms with van der Waals surface area (Å²) >= 11 is 0. The fraction of sp³-hybridized carbons (Fsp3) is 0.318. The lowest BCUT2D eigenvalue weighted by Crippen LogP contribution is -2.31. The maximum atomic E-state index is 13.0. The quantitative estimate of drug-likeness (QED) is 0.568. The van der Waals surface area contributed by atoms with Crippen LogP contribution in [0.15, 0.2) is 51.7 Å². The highest BCUT2D eigenvalue weighted by Crippen LogP contribution is 2.34. The highest BCUT2D eigenvalue weighted by atomic mass is 19.4. The van der Waals surface area contributed by atoms with Crippen LogP contribution in [-0.4, -0.2) is 11.6 Å². The van der Waals surface area contributed by atoms with Crippen molar-refractivity contribution in [2.45, 2.75) is 39.0 Å². The molecule has 0 bridgehead atoms. The van der Waals surface area contributed by atoms with Gasteiger partial charge in [0.2, 0.25) is 0 Å². The highest BCUT2D eigenvalue weighted by molar-refractivity contribution is 5.85. The van der Waals surface area contributed by atoms with Gasteiger partial charge in [0.15, 0.2) is 0 Å². The second-order valence-electron chi connectivity index (χ2n) is 7.22. The van der Waals surface area contributed by atoms with E-state index in [1.165, 1.54) is 12.1 Å². The van der Waals surface area contributed by atoms with Crippen molar-refractivity contribution in [3.63, 3.8) is 0 Å². The van der Waals surface area contributed by atoms with E-state index in [1.54, 1.807) is 6.07 Å². The first-order chi connectivity index (χ1) is 13.8. The van der Waals surface area contributed by atoms with Crippen molar-refractivity contribution >= 4 is 11.0 Å². The van der Waals surface area contributed by atoms with Crippen LogP contribution < -0.4 is 10.4 Å². The number of benzene rings is 2. The van der Waals surface area contributed by atoms with E-state index >= 15 is 0 Å². The molecule has 0 atom stereocenters. The fourth-order valence-electron chi connectivity index (χ4n) is 3.73. The van der Waals surface area contributed by atoms with E-state index in [2.05, 4.69) is 0 Å². The van der Waals surface area contributed by atoms with Crippen molar-refractivity contribution in [1.29, 1.82) is 0 Å². The monoisotopic (exact) mass is 403 g/mol. The number of hydrogen-bond donors (Lipinski definition) is 0. The summed E-state index contributed by atoms with van der Waals surface area (Å²) in [4.78, 5) is 13.9. The van der Waals surface area contributed by atoms with E-state index < -0.39 is 17.4 Å². The summed E-state index contributed by atoms with van der Waals surface area (Å²) in [6.45, 7) is 2.99. The lowest BCUT2D eigenvalue weighted by atomic mass is 10.0. The molecule has 0 spiro atoms. The standard InChI is InChI=1S/C22H20F3NO3/c1-2-4-15-10-20(27)29-21-17(15)7-8-19-18(21)12-26(13-28-19)11-14-5-3-6-16(9-14)22(23,24)25/h3,5-10H,2,4,11-13H2,1H3. The molecule has 0 radical (unpaired) electrons. The smallest absolute Gasteiger partial charge is 0.416 e. The number of aryl methyl sites for hydroxylation is 1. The van der Waals surface area contributed by atoms with Gasteiger partial charge in [0.05, 0.1) is 11.1 Å². The third-order valence-electron chi connectivity index (χ3n) is 5.02. The molecule has 4 rings (SSSR count). The topological polar surface area (TPSA) is 42.7 Å². The van der Waals surface area contributed by atoms with Gasteiger partial charge in [-0.1, -0.05) is 31.5 Å². The molecule has 1 aliphatic heterocycles. The van der Waals surface area contributed by atoms with Crippen LogP contribution in [0.25, 0.3) is 11.0 Å². The lowest BCUT2D eigenvalue weighted by Gasteiger charge is -2.29. The Labute approximate surface area is 165 Å². The first-order valence-electron chi connectivity index (χ1n) is 9.45. The zero-order chi connectivity index (χ0) is 20.6. The molecule has 0 aliphatic carbocycles. The minimum absolute atomic E-state index is 0.244. The molecule has 0 fully saturated rings. The average Bonchev–Trinajstić information content (AvgIpc) is 2.68. The van der Waals surface area contributed by atoms with Gasteiger partial charge in [-0.2, -0.15) is 13.2 Å². The normalized spacial score (nSPS) is 14.6. The highest BCUT2D eigenvalue weighted by Gasteiger charge is 2.30. The van der Waals surface area contributed by atoms with Crippen LogP contribution in [0, 0.1) is 0 Å². The third kappa shape index (κ3) is 4.00. The first kappa shape index (κ1) is 19.5. The Bertz CT molecular complexity index is 1100. The molecule has 1 aromatic heterocycles. The van der Waals surface area contributed by atoms with Crippen molar-refractivity contribution in [2.24, 2.45) is 0 Å². The summed E-state index contributed by atoms with van der Waals surface area (Å²) in [5.74, 6) is 0.634. The van der Waals surface area contributed by atoms with Crippen LogP contribution in [0.1, 0.15) is 35.6 Å². The molecule has 0 saturated carbocycles. The predicted molar refractivity (Wildman–Crippen MR) is 103 cm³/mol. The number of alkyl halides is 3. The predicted octanol–water partition coefficient (Wildman–Crippen LogP) is 5.12. The van der Waals surface area contributed by atoms with Crippen LogP contribution in [-0.2, 0) is 25.7 Å². The number of rotatable bonds is 4. The van der Waals surface area contributed by atoms with E-state index in [9.17, 15) is 18.0 Å². The van der Waals surface area contributed by atoms with E-state index in [1.807, 2.05) is 24.0 Å². The van der Waals surface area contributed by atoms with Gasteiger partial charge in [0.25, 0.3) is 0 Å². The van der Waals surface area contributed by atoms with Crippen molar-refractivity contribution in [3.8, 4) is 5.75 Å². The largest absolute Gasteiger partial charge is 0.478 e. The van der Waals surface area contributed by atoms with Gasteiger partial charge in [-0.25, -0.2) is 4.79 Å². The average molecular weight is 403 g/mol. The second kappa shape index (κ2) is 7.55. The second-order valence-corrected chi connectivity index (χ2v) is 7.22. The number of ether oxygens (including phenoxy) is 1. The van der Waals surface area contributed by atoms with Gasteiger partial charge in [0.1, 0.15) is 18.1 Å². The van der Waals surface area contributed by atoms with E-state index in [0.29, 0.717) is 30.0 Å². The summed E-state index contributed by atoms with van der Waals surface area (Å²) in [6, 6.07) is 10.5. The maximum Gasteiger partial charge on any atom is 0.416 e. The van der Waals surface area contributed by atoms with E-state index in [-0.39, 0.29) is 6.73 Å². The summed E-state index contributed by atoms with van der Waals surface area (Å²) in [7, 11) is 0. The minimum Gasteiger partial charge on any atom is -0.478 e. The number of nitrogens with zero attached hydrogens (tertiary/aromatic N) is 1. The molecule has 7 heteroatoms. The number of hydrogen-bond acceptors (Lipinski definition) is 4. The van der Waals surface area contributed by atoms with Crippen LogP contribution in [0.4, 0.5) is 13.2 Å². The van der Waals surface area contributed by atoms with Crippen molar-refractivity contribution < 1.29 is 22.3 Å². The molecule has 3 aromatic rings. The van der Waals surface area contributed by atoms with Crippen molar-refractivity contribution in [3.05, 3.63) is 75.1 Å². The Morgan fingerprint density at radius 1 is 1.14 bits per heavy atom. The van der Waals surface area contributed by atoms with Gasteiger partial charge in [-0.15, -0.1) is 0 Å². The van der Waals surface area contributed by atoms with Gasteiger partial charge in [-0.05, 0) is 35.7 Å². The molecule has 0 saturated heterocycles. The molecule has 152 valence electrons. The molecule has 0 unspecified atom stereocenters. The molecule has 29 heavy (non-hydrogen) atoms. The Balaban J connectivity index is 1.66. The Morgan fingerprint density at radius 2 is 1.97 bits per heavy atom. The van der Waals surface area contributed by atoms with Gasteiger partial charge in [-0.3, -0.25) is 4.90 Å². The molecular weight excluding hydrogens is 383 g/mol. The van der Waals surface area contributed by atoms with Gasteiger partial charge in [0, 0.05) is 24.5 Å². The summed E-state index contributed by atoms with van der Waals surface area (Å²) in [5.41, 5.74) is 1.62. The first-order valence-corrected chi connectivity index (χ1v) is 9.45. The molecule has 4 nitrogen and oxygen atoms in total. The van der Waals surface area contributed by atoms with Crippen molar-refractivity contribution in [1.82, 2.24) is 4.90 Å². The molecular formula is C22H20F3NO3. The van der Waals surface area contributed by atoms with Gasteiger partial charge >= 0.3 is 11.8 Å².